The molecule has 0 amide bonds. The first-order chi connectivity index (χ1) is 9.47. The van der Waals surface area contributed by atoms with Crippen LogP contribution in [0.1, 0.15) is 5.56 Å². The number of thiophene rings is 1. The predicted octanol–water partition coefficient (Wildman–Crippen LogP) is 5.03. The molecule has 0 aliphatic heterocycles. The fraction of sp³-hybridized carbons (Fsp3) is 0.0769. The highest BCUT2D eigenvalue weighted by atomic mass is 35.5. The highest BCUT2D eigenvalue weighted by Gasteiger charge is 2.30. The summed E-state index contributed by atoms with van der Waals surface area (Å²) in [5.74, 6) is 0. The fourth-order valence-corrected chi connectivity index (χ4v) is 3.03. The number of benzene rings is 1. The maximum Gasteiger partial charge on any atom is 0.416 e. The zero-order valence-corrected chi connectivity index (χ0v) is 11.4. The van der Waals surface area contributed by atoms with Gasteiger partial charge < -0.3 is 0 Å². The molecule has 0 atom stereocenters. The number of hydrogen-bond donors (Lipinski definition) is 0. The Morgan fingerprint density at radius 3 is 2.65 bits per heavy atom. The van der Waals surface area contributed by atoms with Crippen LogP contribution in [-0.4, -0.2) is 10.2 Å². The predicted molar refractivity (Wildman–Crippen MR) is 72.9 cm³/mol. The van der Waals surface area contributed by atoms with Gasteiger partial charge in [-0.05, 0) is 23.6 Å². The van der Waals surface area contributed by atoms with Gasteiger partial charge in [0.2, 0.25) is 0 Å². The number of hydrogen-bond acceptors (Lipinski definition) is 3. The summed E-state index contributed by atoms with van der Waals surface area (Å²) in [5.41, 5.74) is 0.0680. The Balaban J connectivity index is 2.21. The Kier molecular flexibility index (Phi) is 3.14. The molecule has 0 saturated heterocycles. The highest BCUT2D eigenvalue weighted by Crippen LogP contribution is 2.36. The molecular formula is C13H6ClF3N2S. The van der Waals surface area contributed by atoms with Gasteiger partial charge in [-0.2, -0.15) is 13.2 Å². The number of aromatic nitrogens is 2. The first-order valence-corrected chi connectivity index (χ1v) is 6.79. The minimum Gasteiger partial charge on any atom is -0.166 e. The molecule has 3 aromatic rings. The van der Waals surface area contributed by atoms with Gasteiger partial charge in [0.05, 0.1) is 10.3 Å². The van der Waals surface area contributed by atoms with Crippen molar-refractivity contribution >= 4 is 33.0 Å². The summed E-state index contributed by atoms with van der Waals surface area (Å²) in [6.07, 6.45) is -4.38. The van der Waals surface area contributed by atoms with Gasteiger partial charge in [-0.15, -0.1) is 21.5 Å². The van der Waals surface area contributed by atoms with E-state index in [1.54, 1.807) is 17.5 Å². The van der Waals surface area contributed by atoms with E-state index < -0.39 is 11.7 Å². The molecule has 0 bridgehead atoms. The van der Waals surface area contributed by atoms with Crippen molar-refractivity contribution in [3.63, 3.8) is 0 Å². The van der Waals surface area contributed by atoms with Crippen LogP contribution in [0.5, 0.6) is 0 Å². The standard InChI is InChI=1S/C13H6ClF3N2S/c14-12-9-4-5-20-11(9)10(18-19-12)7-2-1-3-8(6-7)13(15,16)17/h1-6H. The number of fused-ring (bicyclic) bond motifs is 1. The zero-order chi connectivity index (χ0) is 14.3. The van der Waals surface area contributed by atoms with Gasteiger partial charge in [0.15, 0.2) is 5.15 Å². The van der Waals surface area contributed by atoms with Crippen molar-refractivity contribution in [1.29, 1.82) is 0 Å². The van der Waals surface area contributed by atoms with E-state index in [1.165, 1.54) is 17.4 Å². The van der Waals surface area contributed by atoms with Crippen molar-refractivity contribution in [2.45, 2.75) is 6.18 Å². The van der Waals surface area contributed by atoms with Crippen LogP contribution < -0.4 is 0 Å². The van der Waals surface area contributed by atoms with Gasteiger partial charge in [-0.25, -0.2) is 0 Å². The topological polar surface area (TPSA) is 25.8 Å². The van der Waals surface area contributed by atoms with Crippen LogP contribution >= 0.6 is 22.9 Å². The Morgan fingerprint density at radius 2 is 1.90 bits per heavy atom. The molecule has 0 saturated carbocycles. The normalized spacial score (nSPS) is 12.0. The lowest BCUT2D eigenvalue weighted by atomic mass is 10.1. The van der Waals surface area contributed by atoms with Crippen molar-refractivity contribution < 1.29 is 13.2 Å². The molecule has 3 rings (SSSR count). The molecule has 0 fully saturated rings. The lowest BCUT2D eigenvalue weighted by Gasteiger charge is -2.08. The average Bonchev–Trinajstić information content (AvgIpc) is 2.88. The average molecular weight is 315 g/mol. The van der Waals surface area contributed by atoms with E-state index in [1.807, 2.05) is 0 Å². The van der Waals surface area contributed by atoms with Crippen molar-refractivity contribution in [2.75, 3.05) is 0 Å². The molecule has 2 aromatic heterocycles. The molecule has 1 aromatic carbocycles. The van der Waals surface area contributed by atoms with E-state index in [0.29, 0.717) is 16.6 Å². The minimum atomic E-state index is -4.38. The molecule has 2 nitrogen and oxygen atoms in total. The second kappa shape index (κ2) is 4.71. The Bertz CT molecular complexity index is 783. The van der Waals surface area contributed by atoms with Gasteiger partial charge in [0.25, 0.3) is 0 Å². The minimum absolute atomic E-state index is 0.247. The maximum absolute atomic E-state index is 12.7. The van der Waals surface area contributed by atoms with Gasteiger partial charge in [0.1, 0.15) is 5.69 Å². The van der Waals surface area contributed by atoms with E-state index in [0.717, 1.165) is 16.8 Å². The summed E-state index contributed by atoms with van der Waals surface area (Å²) in [4.78, 5) is 0. The summed E-state index contributed by atoms with van der Waals surface area (Å²) in [7, 11) is 0. The smallest absolute Gasteiger partial charge is 0.166 e. The van der Waals surface area contributed by atoms with Gasteiger partial charge in [-0.3, -0.25) is 0 Å². The molecule has 0 aliphatic rings. The van der Waals surface area contributed by atoms with Crippen LogP contribution in [0.25, 0.3) is 21.3 Å². The van der Waals surface area contributed by atoms with Crippen LogP contribution in [0, 0.1) is 0 Å². The van der Waals surface area contributed by atoms with Gasteiger partial charge >= 0.3 is 6.18 Å². The van der Waals surface area contributed by atoms with E-state index in [-0.39, 0.29) is 5.15 Å². The number of alkyl halides is 3. The van der Waals surface area contributed by atoms with Crippen molar-refractivity contribution in [2.24, 2.45) is 0 Å². The summed E-state index contributed by atoms with van der Waals surface area (Å²) in [5, 5.41) is 10.5. The monoisotopic (exact) mass is 314 g/mol. The molecule has 0 radical (unpaired) electrons. The van der Waals surface area contributed by atoms with Crippen LogP contribution in [0.15, 0.2) is 35.7 Å². The van der Waals surface area contributed by atoms with Crippen LogP contribution in [-0.2, 0) is 6.18 Å². The Labute approximate surface area is 120 Å². The largest absolute Gasteiger partial charge is 0.416 e. The molecule has 0 spiro atoms. The first-order valence-electron chi connectivity index (χ1n) is 5.54. The molecule has 0 aliphatic carbocycles. The molecule has 2 heterocycles. The Hall–Kier alpha value is -1.66. The third-order valence-corrected chi connectivity index (χ3v) is 4.00. The molecule has 20 heavy (non-hydrogen) atoms. The van der Waals surface area contributed by atoms with Crippen molar-refractivity contribution in [1.82, 2.24) is 10.2 Å². The number of rotatable bonds is 1. The van der Waals surface area contributed by atoms with Crippen LogP contribution in [0.2, 0.25) is 5.15 Å². The van der Waals surface area contributed by atoms with E-state index >= 15 is 0 Å². The number of nitrogens with zero attached hydrogens (tertiary/aromatic N) is 2. The summed E-state index contributed by atoms with van der Waals surface area (Å²) in [6, 6.07) is 6.80. The van der Waals surface area contributed by atoms with E-state index in [9.17, 15) is 13.2 Å². The molecule has 0 N–H and O–H groups in total. The SMILES string of the molecule is FC(F)(F)c1cccc(-c2nnc(Cl)c3ccsc23)c1. The zero-order valence-electron chi connectivity index (χ0n) is 9.78. The van der Waals surface area contributed by atoms with Gasteiger partial charge in [0, 0.05) is 10.9 Å². The van der Waals surface area contributed by atoms with Crippen LogP contribution in [0.4, 0.5) is 13.2 Å². The Morgan fingerprint density at radius 1 is 1.10 bits per heavy atom. The lowest BCUT2D eigenvalue weighted by molar-refractivity contribution is -0.137. The molecule has 7 heteroatoms. The third kappa shape index (κ3) is 2.25. The number of halogens is 4. The second-order valence-electron chi connectivity index (χ2n) is 4.08. The highest BCUT2D eigenvalue weighted by molar-refractivity contribution is 7.17. The molecular weight excluding hydrogens is 309 g/mol. The molecule has 102 valence electrons. The van der Waals surface area contributed by atoms with Crippen molar-refractivity contribution in [3.8, 4) is 11.3 Å². The van der Waals surface area contributed by atoms with E-state index in [2.05, 4.69) is 10.2 Å². The molecule has 0 unspecified atom stereocenters. The first kappa shape index (κ1) is 13.3. The third-order valence-electron chi connectivity index (χ3n) is 2.80. The second-order valence-corrected chi connectivity index (χ2v) is 5.36. The fourth-order valence-electron chi connectivity index (χ4n) is 1.88. The summed E-state index contributed by atoms with van der Waals surface area (Å²) < 4.78 is 39.0. The van der Waals surface area contributed by atoms with Gasteiger partial charge in [-0.1, -0.05) is 23.7 Å². The maximum atomic E-state index is 12.7. The van der Waals surface area contributed by atoms with E-state index in [4.69, 9.17) is 11.6 Å². The lowest BCUT2D eigenvalue weighted by Crippen LogP contribution is -2.04. The quantitative estimate of drug-likeness (QED) is 0.629. The summed E-state index contributed by atoms with van der Waals surface area (Å²) >= 11 is 7.28. The summed E-state index contributed by atoms with van der Waals surface area (Å²) in [6.45, 7) is 0. The van der Waals surface area contributed by atoms with Crippen LogP contribution in [0.3, 0.4) is 0 Å². The van der Waals surface area contributed by atoms with Crippen molar-refractivity contribution in [3.05, 3.63) is 46.4 Å².